The first-order valence-corrected chi connectivity index (χ1v) is 7.89. The van der Waals surface area contributed by atoms with Gasteiger partial charge in [0, 0.05) is 30.8 Å². The van der Waals surface area contributed by atoms with Crippen LogP contribution < -0.4 is 10.5 Å². The van der Waals surface area contributed by atoms with E-state index in [-0.39, 0.29) is 5.75 Å². The molecule has 1 aromatic carbocycles. The van der Waals surface area contributed by atoms with Gasteiger partial charge in [0.15, 0.2) is 17.2 Å². The number of anilines is 1. The Morgan fingerprint density at radius 3 is 2.61 bits per heavy atom. The van der Waals surface area contributed by atoms with Gasteiger partial charge in [-0.3, -0.25) is 4.98 Å². The fourth-order valence-corrected chi connectivity index (χ4v) is 3.20. The summed E-state index contributed by atoms with van der Waals surface area (Å²) < 4.78 is 25.6. The molecule has 23 heavy (non-hydrogen) atoms. The fraction of sp³-hybridized carbons (Fsp3) is 0.312. The van der Waals surface area contributed by atoms with E-state index in [9.17, 15) is 4.39 Å². The van der Waals surface area contributed by atoms with Gasteiger partial charge in [-0.25, -0.2) is 4.39 Å². The molecule has 4 nitrogen and oxygen atoms in total. The van der Waals surface area contributed by atoms with E-state index in [4.69, 9.17) is 38.4 Å². The Morgan fingerprint density at radius 2 is 1.96 bits per heavy atom. The van der Waals surface area contributed by atoms with Crippen LogP contribution in [0.3, 0.4) is 0 Å². The highest BCUT2D eigenvalue weighted by Crippen LogP contribution is 2.40. The second kappa shape index (κ2) is 6.51. The normalized spacial score (nSPS) is 17.0. The number of hydrogen-bond acceptors (Lipinski definition) is 4. The van der Waals surface area contributed by atoms with E-state index in [0.29, 0.717) is 47.5 Å². The number of rotatable bonds is 3. The van der Waals surface area contributed by atoms with E-state index in [2.05, 4.69) is 4.98 Å². The molecule has 0 radical (unpaired) electrons. The molecule has 0 bridgehead atoms. The fourth-order valence-electron chi connectivity index (χ4n) is 2.65. The summed E-state index contributed by atoms with van der Waals surface area (Å²) in [5, 5.41) is 0.815. The zero-order valence-electron chi connectivity index (χ0n) is 12.2. The minimum absolute atomic E-state index is 0.105. The molecule has 7 heteroatoms. The van der Waals surface area contributed by atoms with Crippen molar-refractivity contribution in [2.45, 2.75) is 18.4 Å². The lowest BCUT2D eigenvalue weighted by Crippen LogP contribution is -2.40. The van der Waals surface area contributed by atoms with Crippen LogP contribution >= 0.6 is 23.2 Å². The highest BCUT2D eigenvalue weighted by molar-refractivity contribution is 6.34. The van der Waals surface area contributed by atoms with Gasteiger partial charge in [-0.05, 0) is 18.2 Å². The lowest BCUT2D eigenvalue weighted by atomic mass is 9.89. The van der Waals surface area contributed by atoms with E-state index in [1.54, 1.807) is 12.1 Å². The molecule has 1 aliphatic rings. The summed E-state index contributed by atoms with van der Waals surface area (Å²) in [6, 6.07) is 5.92. The Kier molecular flexibility index (Phi) is 4.62. The summed E-state index contributed by atoms with van der Waals surface area (Å²) >= 11 is 12.2. The van der Waals surface area contributed by atoms with Crippen molar-refractivity contribution in [2.24, 2.45) is 0 Å². The summed E-state index contributed by atoms with van der Waals surface area (Å²) in [5.41, 5.74) is 5.58. The molecule has 1 saturated heterocycles. The van der Waals surface area contributed by atoms with Crippen molar-refractivity contribution in [3.8, 4) is 5.75 Å². The maximum absolute atomic E-state index is 14.1. The van der Waals surface area contributed by atoms with E-state index < -0.39 is 11.4 Å². The summed E-state index contributed by atoms with van der Waals surface area (Å²) in [4.78, 5) is 4.33. The predicted octanol–water partition coefficient (Wildman–Crippen LogP) is 4.19. The molecule has 0 atom stereocenters. The van der Waals surface area contributed by atoms with Crippen molar-refractivity contribution >= 4 is 28.9 Å². The second-order valence-corrected chi connectivity index (χ2v) is 6.23. The largest absolute Gasteiger partial charge is 0.478 e. The topological polar surface area (TPSA) is 57.4 Å². The SMILES string of the molecule is Nc1ccc(OC2(c3ncc(Cl)cc3Cl)CCOCC2)c(F)c1. The summed E-state index contributed by atoms with van der Waals surface area (Å²) in [6.45, 7) is 0.939. The third-order valence-corrected chi connectivity index (χ3v) is 4.30. The highest BCUT2D eigenvalue weighted by atomic mass is 35.5. The second-order valence-electron chi connectivity index (χ2n) is 5.38. The molecular weight excluding hydrogens is 342 g/mol. The Labute approximate surface area is 143 Å². The Hall–Kier alpha value is -1.56. The maximum Gasteiger partial charge on any atom is 0.167 e. The molecule has 1 aromatic heterocycles. The van der Waals surface area contributed by atoms with Gasteiger partial charge in [0.05, 0.1) is 23.3 Å². The average molecular weight is 357 g/mol. The molecular formula is C16H15Cl2FN2O2. The molecule has 0 aliphatic carbocycles. The Bertz CT molecular complexity index is 721. The minimum atomic E-state index is -0.864. The third-order valence-electron chi connectivity index (χ3n) is 3.80. The van der Waals surface area contributed by atoms with E-state index in [1.165, 1.54) is 18.3 Å². The van der Waals surface area contributed by atoms with Crippen LogP contribution in [-0.2, 0) is 10.3 Å². The standard InChI is InChI=1S/C16H15Cl2FN2O2/c17-10-7-12(18)15(21-9-10)16(3-5-22-6-4-16)23-14-2-1-11(20)8-13(14)19/h1-2,7-9H,3-6,20H2. The van der Waals surface area contributed by atoms with Crippen molar-refractivity contribution in [3.05, 3.63) is 52.0 Å². The molecule has 122 valence electrons. The van der Waals surface area contributed by atoms with Crippen molar-refractivity contribution in [3.63, 3.8) is 0 Å². The smallest absolute Gasteiger partial charge is 0.167 e. The van der Waals surface area contributed by atoms with Gasteiger partial charge in [0.2, 0.25) is 0 Å². The lowest BCUT2D eigenvalue weighted by Gasteiger charge is -2.37. The average Bonchev–Trinajstić information content (AvgIpc) is 2.51. The summed E-state index contributed by atoms with van der Waals surface area (Å²) in [7, 11) is 0. The van der Waals surface area contributed by atoms with Gasteiger partial charge < -0.3 is 15.2 Å². The molecule has 0 unspecified atom stereocenters. The maximum atomic E-state index is 14.1. The number of nitrogens with two attached hydrogens (primary N) is 1. The van der Waals surface area contributed by atoms with E-state index in [0.717, 1.165) is 0 Å². The van der Waals surface area contributed by atoms with Gasteiger partial charge in [0.1, 0.15) is 5.69 Å². The molecule has 2 aromatic rings. The molecule has 1 aliphatic heterocycles. The monoisotopic (exact) mass is 356 g/mol. The number of nitrogen functional groups attached to an aromatic ring is 1. The van der Waals surface area contributed by atoms with E-state index >= 15 is 0 Å². The molecule has 1 fully saturated rings. The quantitative estimate of drug-likeness (QED) is 0.837. The molecule has 0 spiro atoms. The van der Waals surface area contributed by atoms with Gasteiger partial charge >= 0.3 is 0 Å². The Balaban J connectivity index is 2.02. The number of aromatic nitrogens is 1. The van der Waals surface area contributed by atoms with Crippen LogP contribution in [0.15, 0.2) is 30.5 Å². The first-order chi connectivity index (χ1) is 11.0. The Morgan fingerprint density at radius 1 is 1.22 bits per heavy atom. The number of ether oxygens (including phenoxy) is 2. The molecule has 2 N–H and O–H groups in total. The van der Waals surface area contributed by atoms with Crippen LogP contribution in [0, 0.1) is 5.82 Å². The highest BCUT2D eigenvalue weighted by Gasteiger charge is 2.40. The lowest BCUT2D eigenvalue weighted by molar-refractivity contribution is -0.0542. The van der Waals surface area contributed by atoms with Crippen LogP contribution in [0.4, 0.5) is 10.1 Å². The summed E-state index contributed by atoms with van der Waals surface area (Å²) in [6.07, 6.45) is 2.51. The van der Waals surface area contributed by atoms with Crippen LogP contribution in [0.2, 0.25) is 10.0 Å². The van der Waals surface area contributed by atoms with Gasteiger partial charge in [-0.15, -0.1) is 0 Å². The van der Waals surface area contributed by atoms with Gasteiger partial charge in [-0.2, -0.15) is 0 Å². The van der Waals surface area contributed by atoms with Crippen molar-refractivity contribution in [1.82, 2.24) is 4.98 Å². The first-order valence-electron chi connectivity index (χ1n) is 7.13. The molecule has 0 amide bonds. The third kappa shape index (κ3) is 3.37. The molecule has 2 heterocycles. The van der Waals surface area contributed by atoms with Crippen molar-refractivity contribution in [1.29, 1.82) is 0 Å². The zero-order valence-corrected chi connectivity index (χ0v) is 13.7. The first kappa shape index (κ1) is 16.3. The van der Waals surface area contributed by atoms with Crippen LogP contribution in [0.1, 0.15) is 18.5 Å². The number of halogens is 3. The molecule has 0 saturated carbocycles. The number of nitrogens with zero attached hydrogens (tertiary/aromatic N) is 1. The predicted molar refractivity (Wildman–Crippen MR) is 87.4 cm³/mol. The zero-order chi connectivity index (χ0) is 16.4. The number of benzene rings is 1. The van der Waals surface area contributed by atoms with Crippen LogP contribution in [-0.4, -0.2) is 18.2 Å². The minimum Gasteiger partial charge on any atom is -0.478 e. The van der Waals surface area contributed by atoms with Gasteiger partial charge in [-0.1, -0.05) is 23.2 Å². The molecule has 3 rings (SSSR count). The summed E-state index contributed by atoms with van der Waals surface area (Å²) in [5.74, 6) is -0.421. The number of hydrogen-bond donors (Lipinski definition) is 1. The van der Waals surface area contributed by atoms with Gasteiger partial charge in [0.25, 0.3) is 0 Å². The van der Waals surface area contributed by atoms with Crippen molar-refractivity contribution < 1.29 is 13.9 Å². The van der Waals surface area contributed by atoms with E-state index in [1.807, 2.05) is 0 Å². The number of pyridine rings is 1. The van der Waals surface area contributed by atoms with Crippen molar-refractivity contribution in [2.75, 3.05) is 18.9 Å². The van der Waals surface area contributed by atoms with Crippen LogP contribution in [0.5, 0.6) is 5.75 Å². The van der Waals surface area contributed by atoms with Crippen LogP contribution in [0.25, 0.3) is 0 Å².